The third-order valence-electron chi connectivity index (χ3n) is 8.40. The maximum absolute atomic E-state index is 14.4. The van der Waals surface area contributed by atoms with E-state index >= 15 is 0 Å². The molecule has 3 aliphatic rings. The molecule has 7 nitrogen and oxygen atoms in total. The van der Waals surface area contributed by atoms with Crippen molar-refractivity contribution in [2.24, 2.45) is 11.8 Å². The van der Waals surface area contributed by atoms with Crippen LogP contribution >= 0.6 is 11.8 Å². The Balaban J connectivity index is 1.51. The first kappa shape index (κ1) is 28.2. The largest absolute Gasteiger partial charge is 0.396 e. The first-order valence-corrected chi connectivity index (χ1v) is 14.8. The van der Waals surface area contributed by atoms with Crippen LogP contribution in [-0.2, 0) is 20.9 Å². The SMILES string of the molecule is C=CCN(Cc1ccccc1)C(=O)C1N(CCCO)C(=O)[C@@H]2[C@@H](C(=O)N(CC=C)c3ccccc3)[C@H]3CCC12S3. The van der Waals surface area contributed by atoms with Crippen molar-refractivity contribution in [2.75, 3.05) is 31.1 Å². The second-order valence-corrected chi connectivity index (χ2v) is 12.3. The smallest absolute Gasteiger partial charge is 0.247 e. The van der Waals surface area contributed by atoms with Crippen LogP contribution in [0, 0.1) is 11.8 Å². The van der Waals surface area contributed by atoms with Crippen molar-refractivity contribution in [2.45, 2.75) is 41.8 Å². The number of benzene rings is 2. The highest BCUT2D eigenvalue weighted by Crippen LogP contribution is 2.66. The summed E-state index contributed by atoms with van der Waals surface area (Å²) >= 11 is 1.66. The van der Waals surface area contributed by atoms with Gasteiger partial charge in [-0.25, -0.2) is 0 Å². The summed E-state index contributed by atoms with van der Waals surface area (Å²) in [6.07, 6.45) is 5.27. The van der Waals surface area contributed by atoms with Gasteiger partial charge in [-0.15, -0.1) is 24.9 Å². The Morgan fingerprint density at radius 3 is 2.35 bits per heavy atom. The fourth-order valence-electron chi connectivity index (χ4n) is 6.80. The van der Waals surface area contributed by atoms with E-state index in [1.54, 1.807) is 38.6 Å². The topological polar surface area (TPSA) is 81.2 Å². The van der Waals surface area contributed by atoms with Gasteiger partial charge in [-0.1, -0.05) is 60.7 Å². The number of amides is 3. The van der Waals surface area contributed by atoms with Crippen molar-refractivity contribution < 1.29 is 19.5 Å². The van der Waals surface area contributed by atoms with Gasteiger partial charge in [0.05, 0.1) is 16.6 Å². The highest BCUT2D eigenvalue weighted by molar-refractivity contribution is 8.02. The zero-order chi connectivity index (χ0) is 28.3. The van der Waals surface area contributed by atoms with Crippen LogP contribution < -0.4 is 4.90 Å². The molecule has 3 aliphatic heterocycles. The van der Waals surface area contributed by atoms with Crippen LogP contribution in [0.1, 0.15) is 24.8 Å². The van der Waals surface area contributed by atoms with Gasteiger partial charge in [0, 0.05) is 43.7 Å². The Hall–Kier alpha value is -3.36. The maximum Gasteiger partial charge on any atom is 0.247 e. The third kappa shape index (κ3) is 4.88. The molecule has 1 N–H and O–H groups in total. The molecular weight excluding hydrogens is 522 g/mol. The van der Waals surface area contributed by atoms with Gasteiger partial charge < -0.3 is 19.8 Å². The lowest BCUT2D eigenvalue weighted by Gasteiger charge is -2.37. The minimum atomic E-state index is -0.697. The van der Waals surface area contributed by atoms with Gasteiger partial charge in [0.25, 0.3) is 0 Å². The van der Waals surface area contributed by atoms with Crippen LogP contribution in [0.2, 0.25) is 0 Å². The number of hydrogen-bond acceptors (Lipinski definition) is 5. The fraction of sp³-hybridized carbons (Fsp3) is 0.406. The molecule has 0 aliphatic carbocycles. The van der Waals surface area contributed by atoms with Gasteiger partial charge in [-0.05, 0) is 37.0 Å². The summed E-state index contributed by atoms with van der Waals surface area (Å²) in [5, 5.41) is 9.60. The van der Waals surface area contributed by atoms with Crippen LogP contribution in [0.15, 0.2) is 86.0 Å². The number of likely N-dealkylation sites (tertiary alicyclic amines) is 1. The minimum Gasteiger partial charge on any atom is -0.396 e. The van der Waals surface area contributed by atoms with Crippen molar-refractivity contribution in [1.29, 1.82) is 0 Å². The normalized spacial score (nSPS) is 26.4. The molecule has 3 heterocycles. The maximum atomic E-state index is 14.4. The van der Waals surface area contributed by atoms with Crippen LogP contribution in [-0.4, -0.2) is 74.9 Å². The van der Waals surface area contributed by atoms with E-state index in [9.17, 15) is 19.5 Å². The molecule has 5 rings (SSSR count). The van der Waals surface area contributed by atoms with Crippen LogP contribution in [0.3, 0.4) is 0 Å². The predicted molar refractivity (Wildman–Crippen MR) is 159 cm³/mol. The molecule has 3 fully saturated rings. The zero-order valence-electron chi connectivity index (χ0n) is 22.7. The lowest BCUT2D eigenvalue weighted by molar-refractivity contribution is -0.143. The van der Waals surface area contributed by atoms with Gasteiger partial charge in [-0.2, -0.15) is 0 Å². The molecule has 0 saturated carbocycles. The van der Waals surface area contributed by atoms with Crippen molar-refractivity contribution >= 4 is 35.2 Å². The van der Waals surface area contributed by atoms with Crippen LogP contribution in [0.4, 0.5) is 5.69 Å². The molecule has 3 saturated heterocycles. The van der Waals surface area contributed by atoms with Crippen molar-refractivity contribution in [3.05, 3.63) is 91.5 Å². The van der Waals surface area contributed by atoms with Crippen molar-refractivity contribution in [3.63, 3.8) is 0 Å². The van der Waals surface area contributed by atoms with E-state index < -0.39 is 22.6 Å². The van der Waals surface area contributed by atoms with Gasteiger partial charge in [0.1, 0.15) is 6.04 Å². The number of thioether (sulfide) groups is 1. The number of para-hydroxylation sites is 1. The molecule has 2 aromatic rings. The summed E-state index contributed by atoms with van der Waals surface area (Å²) < 4.78 is -0.679. The summed E-state index contributed by atoms with van der Waals surface area (Å²) in [5.74, 6) is -1.47. The van der Waals surface area contributed by atoms with E-state index in [2.05, 4.69) is 13.2 Å². The number of carbonyl (C=O) groups is 3. The molecular formula is C32H37N3O4S. The average molecular weight is 560 g/mol. The Morgan fingerprint density at radius 2 is 1.70 bits per heavy atom. The number of fused-ring (bicyclic) bond motifs is 1. The quantitative estimate of drug-likeness (QED) is 0.399. The van der Waals surface area contributed by atoms with E-state index in [0.29, 0.717) is 32.5 Å². The van der Waals surface area contributed by atoms with Gasteiger partial charge >= 0.3 is 0 Å². The number of anilines is 1. The highest BCUT2D eigenvalue weighted by Gasteiger charge is 2.74. The van der Waals surface area contributed by atoms with E-state index in [4.69, 9.17) is 0 Å². The molecule has 3 amide bonds. The van der Waals surface area contributed by atoms with E-state index in [1.807, 2.05) is 60.7 Å². The van der Waals surface area contributed by atoms with Crippen molar-refractivity contribution in [3.8, 4) is 0 Å². The second kappa shape index (κ2) is 12.0. The summed E-state index contributed by atoms with van der Waals surface area (Å²) in [6, 6.07) is 18.6. The number of aliphatic hydroxyl groups is 1. The Kier molecular flexibility index (Phi) is 8.47. The standard InChI is InChI=1S/C32H37N3O4S/c1-3-18-33(22-23-12-7-5-8-13-23)31(39)28-32-17-16-25(40-32)26(27(32)30(38)35(28)20-11-21-36)29(37)34(19-4-2)24-14-9-6-10-15-24/h3-10,12-15,25-28,36H,1-2,11,16-22H2/t25-,26+,27+,28?,32?/m1/s1. The van der Waals surface area contributed by atoms with Gasteiger partial charge in [0.15, 0.2) is 0 Å². The van der Waals surface area contributed by atoms with Crippen LogP contribution in [0.5, 0.6) is 0 Å². The molecule has 2 bridgehead atoms. The van der Waals surface area contributed by atoms with Crippen molar-refractivity contribution in [1.82, 2.24) is 9.80 Å². The minimum absolute atomic E-state index is 0.0326. The lowest BCUT2D eigenvalue weighted by Crippen LogP contribution is -2.55. The Labute approximate surface area is 240 Å². The summed E-state index contributed by atoms with van der Waals surface area (Å²) in [6.45, 7) is 9.03. The summed E-state index contributed by atoms with van der Waals surface area (Å²) in [5.41, 5.74) is 1.77. The number of nitrogens with zero attached hydrogens (tertiary/aromatic N) is 3. The monoisotopic (exact) mass is 559 g/mol. The molecule has 8 heteroatoms. The van der Waals surface area contributed by atoms with Gasteiger partial charge in [0.2, 0.25) is 17.7 Å². The first-order valence-electron chi connectivity index (χ1n) is 14.0. The highest BCUT2D eigenvalue weighted by atomic mass is 32.2. The average Bonchev–Trinajstić information content (AvgIpc) is 3.62. The molecule has 5 atom stereocenters. The number of rotatable bonds is 12. The fourth-order valence-corrected chi connectivity index (χ4v) is 9.01. The number of carbonyl (C=O) groups excluding carboxylic acids is 3. The lowest BCUT2D eigenvalue weighted by atomic mass is 9.70. The number of hydrogen-bond donors (Lipinski definition) is 1. The molecule has 210 valence electrons. The zero-order valence-corrected chi connectivity index (χ0v) is 23.5. The van der Waals surface area contributed by atoms with E-state index in [-0.39, 0.29) is 36.1 Å². The summed E-state index contributed by atoms with van der Waals surface area (Å²) in [7, 11) is 0. The molecule has 1 spiro atoms. The number of aliphatic hydroxyl groups excluding tert-OH is 1. The Morgan fingerprint density at radius 1 is 1.02 bits per heavy atom. The summed E-state index contributed by atoms with van der Waals surface area (Å²) in [4.78, 5) is 48.0. The predicted octanol–water partition coefficient (Wildman–Crippen LogP) is 3.89. The van der Waals surface area contributed by atoms with E-state index in [1.165, 1.54) is 0 Å². The van der Waals surface area contributed by atoms with Crippen LogP contribution in [0.25, 0.3) is 0 Å². The molecule has 40 heavy (non-hydrogen) atoms. The first-order chi connectivity index (χ1) is 19.5. The molecule has 2 unspecified atom stereocenters. The molecule has 0 aromatic heterocycles. The third-order valence-corrected chi connectivity index (χ3v) is 10.4. The molecule has 0 radical (unpaired) electrons. The van der Waals surface area contributed by atoms with E-state index in [0.717, 1.165) is 17.7 Å². The van der Waals surface area contributed by atoms with Gasteiger partial charge in [-0.3, -0.25) is 14.4 Å². The second-order valence-electron chi connectivity index (χ2n) is 10.7. The Bertz CT molecular complexity index is 1260. The molecule has 2 aromatic carbocycles.